The molecule has 0 bridgehead atoms. The summed E-state index contributed by atoms with van der Waals surface area (Å²) in [6, 6.07) is 25.3. The minimum atomic E-state index is -0.889. The van der Waals surface area contributed by atoms with Crippen molar-refractivity contribution in [3.8, 4) is 0 Å². The zero-order chi connectivity index (χ0) is 27.7. The normalized spacial score (nSPS) is 10.6. The molecule has 0 heterocycles. The van der Waals surface area contributed by atoms with Gasteiger partial charge in [-0.2, -0.15) is 0 Å². The fraction of sp³-hybridized carbons (Fsp3) is 0.0714. The Morgan fingerprint density at radius 2 is 1.11 bits per heavy atom. The van der Waals surface area contributed by atoms with Gasteiger partial charge in [0.15, 0.2) is 0 Å². The summed E-state index contributed by atoms with van der Waals surface area (Å²) in [5.41, 5.74) is 2.76. The van der Waals surface area contributed by atoms with E-state index in [4.69, 9.17) is 56.6 Å². The zero-order valence-electron chi connectivity index (χ0n) is 19.7. The van der Waals surface area contributed by atoms with Crippen LogP contribution in [0.2, 0.25) is 20.1 Å². The van der Waals surface area contributed by atoms with Crippen LogP contribution in [0.3, 0.4) is 0 Å². The summed E-state index contributed by atoms with van der Waals surface area (Å²) in [4.78, 5) is 21.7. The van der Waals surface area contributed by atoms with Gasteiger partial charge in [0.1, 0.15) is 0 Å². The van der Waals surface area contributed by atoms with Gasteiger partial charge in [-0.05, 0) is 23.8 Å². The topological polar surface area (TPSA) is 86.6 Å². The summed E-state index contributed by atoms with van der Waals surface area (Å²) in [5.74, 6) is -1.72. The van der Waals surface area contributed by atoms with E-state index in [1.807, 2.05) is 48.5 Å². The Kier molecular flexibility index (Phi) is 11.4. The Bertz CT molecular complexity index is 1300. The van der Waals surface area contributed by atoms with Gasteiger partial charge in [-0.1, -0.05) is 47.5 Å². The molecule has 4 rings (SSSR count). The molecule has 3 N–H and O–H groups in total. The number of para-hydroxylation sites is 2. The molecule has 0 aliphatic carbocycles. The van der Waals surface area contributed by atoms with E-state index in [1.165, 1.54) is 0 Å². The van der Waals surface area contributed by atoms with Crippen LogP contribution in [0, 0.1) is 0 Å². The average molecular weight is 653 g/mol. The summed E-state index contributed by atoms with van der Waals surface area (Å²) >= 11 is 23.7. The van der Waals surface area contributed by atoms with Gasteiger partial charge in [-0.3, -0.25) is 4.79 Å². The summed E-state index contributed by atoms with van der Waals surface area (Å²) in [6.45, 7) is 0. The van der Waals surface area contributed by atoms with Crippen molar-refractivity contribution >= 4 is 94.2 Å². The van der Waals surface area contributed by atoms with Crippen LogP contribution >= 0.6 is 46.4 Å². The number of aliphatic carboxylic acids is 2. The van der Waals surface area contributed by atoms with Gasteiger partial charge in [0.25, 0.3) is 0 Å². The molecule has 1 unspecified atom stereocenters. The molecule has 0 saturated heterocycles. The molecular formula is C28H22AsCl4NO4. The molecule has 5 nitrogen and oxygen atoms in total. The number of carboxylic acid groups (broad SMARTS) is 2. The van der Waals surface area contributed by atoms with Crippen LogP contribution in [0.4, 0.5) is 11.4 Å². The monoisotopic (exact) mass is 651 g/mol. The molecule has 4 aromatic carbocycles. The van der Waals surface area contributed by atoms with Crippen molar-refractivity contribution in [1.29, 1.82) is 0 Å². The second kappa shape index (κ2) is 14.5. The number of halogens is 4. The van der Waals surface area contributed by atoms with Crippen molar-refractivity contribution in [1.82, 2.24) is 0 Å². The van der Waals surface area contributed by atoms with Crippen molar-refractivity contribution in [2.45, 2.75) is 12.8 Å². The van der Waals surface area contributed by atoms with Crippen molar-refractivity contribution in [2.75, 3.05) is 5.32 Å². The molecule has 10 heteroatoms. The van der Waals surface area contributed by atoms with Gasteiger partial charge in [-0.15, -0.1) is 0 Å². The van der Waals surface area contributed by atoms with E-state index in [0.717, 1.165) is 14.3 Å². The summed E-state index contributed by atoms with van der Waals surface area (Å²) in [6.07, 6.45) is -0.0347. The van der Waals surface area contributed by atoms with Crippen molar-refractivity contribution in [2.24, 2.45) is 0 Å². The first kappa shape index (κ1) is 29.9. The molecule has 196 valence electrons. The van der Waals surface area contributed by atoms with Crippen molar-refractivity contribution in [3.63, 3.8) is 0 Å². The van der Waals surface area contributed by atoms with Gasteiger partial charge >= 0.3 is 134 Å². The molecule has 0 spiro atoms. The number of hydrogen-bond donors (Lipinski definition) is 3. The molecule has 1 atom stereocenters. The standard InChI is InChI=1S/C14H11AsCl2O2.C14H11Cl2NO2/c16-11-6-3-7-12(17)14(11)15-10-5-2-1-4-9(10)8-13(18)19;15-10-5-3-6-11(16)14(10)17-12-7-2-1-4-9(12)8-13(18)19/h1-7,15H,8H2,(H,18,19);1-7,17H,8H2,(H,18,19). The minimum absolute atomic E-state index is 0.0295. The van der Waals surface area contributed by atoms with Crippen LogP contribution in [-0.4, -0.2) is 37.9 Å². The quantitative estimate of drug-likeness (QED) is 0.193. The number of rotatable bonds is 8. The first-order chi connectivity index (χ1) is 18.2. The SMILES string of the molecule is O=C(O)Cc1ccccc1Nc1c(Cl)cccc1Cl.O=C(O)Cc1ccccc1[AsH]c1c(Cl)cccc1Cl. The van der Waals surface area contributed by atoms with Crippen molar-refractivity contribution in [3.05, 3.63) is 116 Å². The Morgan fingerprint density at radius 1 is 0.632 bits per heavy atom. The van der Waals surface area contributed by atoms with Gasteiger partial charge in [0.05, 0.1) is 22.2 Å². The molecule has 0 aliphatic rings. The fourth-order valence-electron chi connectivity index (χ4n) is 3.42. The maximum absolute atomic E-state index is 10.9. The third-order valence-corrected chi connectivity index (χ3v) is 10.3. The summed E-state index contributed by atoms with van der Waals surface area (Å²) < 4.78 is 2.00. The number of carboxylic acids is 2. The number of nitrogens with one attached hydrogen (secondary N) is 1. The number of benzene rings is 4. The summed E-state index contributed by atoms with van der Waals surface area (Å²) in [5, 5.41) is 23.2. The second-order valence-electron chi connectivity index (χ2n) is 7.90. The van der Waals surface area contributed by atoms with Gasteiger partial charge in [-0.25, -0.2) is 0 Å². The van der Waals surface area contributed by atoms with E-state index in [-0.39, 0.29) is 12.8 Å². The number of hydrogen-bond acceptors (Lipinski definition) is 3. The van der Waals surface area contributed by atoms with E-state index in [1.54, 1.807) is 36.4 Å². The van der Waals surface area contributed by atoms with E-state index < -0.39 is 27.7 Å². The first-order valence-electron chi connectivity index (χ1n) is 11.2. The predicted octanol–water partition coefficient (Wildman–Crippen LogP) is 6.37. The Labute approximate surface area is 247 Å². The molecule has 0 aromatic heterocycles. The molecule has 0 aliphatic heterocycles. The zero-order valence-corrected chi connectivity index (χ0v) is 24.8. The number of anilines is 2. The van der Waals surface area contributed by atoms with E-state index in [0.29, 0.717) is 37.0 Å². The second-order valence-corrected chi connectivity index (χ2v) is 12.2. The maximum atomic E-state index is 10.9. The number of carbonyl (C=O) groups is 2. The van der Waals surface area contributed by atoms with Crippen LogP contribution < -0.4 is 14.0 Å². The van der Waals surface area contributed by atoms with E-state index in [9.17, 15) is 9.59 Å². The Morgan fingerprint density at radius 3 is 1.68 bits per heavy atom. The Hall–Kier alpha value is -2.66. The Balaban J connectivity index is 0.000000211. The van der Waals surface area contributed by atoms with E-state index in [2.05, 4.69) is 5.32 Å². The van der Waals surface area contributed by atoms with E-state index >= 15 is 0 Å². The van der Waals surface area contributed by atoms with Gasteiger partial charge in [0, 0.05) is 5.69 Å². The summed E-state index contributed by atoms with van der Waals surface area (Å²) in [7, 11) is 0. The third-order valence-electron chi connectivity index (χ3n) is 5.16. The van der Waals surface area contributed by atoms with Crippen molar-refractivity contribution < 1.29 is 19.8 Å². The molecule has 0 fully saturated rings. The molecule has 0 saturated carbocycles. The molecule has 0 amide bonds. The molecule has 4 aromatic rings. The van der Waals surface area contributed by atoms with Crippen LogP contribution in [0.5, 0.6) is 0 Å². The van der Waals surface area contributed by atoms with Crippen LogP contribution in [0.15, 0.2) is 84.9 Å². The predicted molar refractivity (Wildman–Crippen MR) is 158 cm³/mol. The van der Waals surface area contributed by atoms with Gasteiger partial charge in [0.2, 0.25) is 0 Å². The van der Waals surface area contributed by atoms with Crippen LogP contribution in [0.25, 0.3) is 0 Å². The first-order valence-corrected chi connectivity index (χ1v) is 14.8. The van der Waals surface area contributed by atoms with Gasteiger partial charge < -0.3 is 10.4 Å². The molecule has 38 heavy (non-hydrogen) atoms. The van der Waals surface area contributed by atoms with Crippen LogP contribution in [0.1, 0.15) is 11.1 Å². The third kappa shape index (κ3) is 8.69. The molecular weight excluding hydrogens is 631 g/mol. The fourth-order valence-corrected chi connectivity index (χ4v) is 7.29. The average Bonchev–Trinajstić information content (AvgIpc) is 2.86. The molecule has 0 radical (unpaired) electrons. The van der Waals surface area contributed by atoms with Crippen LogP contribution in [-0.2, 0) is 22.4 Å².